The number of imide groups is 1. The van der Waals surface area contributed by atoms with Gasteiger partial charge >= 0.3 is 5.97 Å². The number of rotatable bonds is 8. The zero-order valence-electron chi connectivity index (χ0n) is 16.7. The normalized spacial score (nSPS) is 15.0. The molecule has 0 aromatic heterocycles. The molecule has 1 fully saturated rings. The highest BCUT2D eigenvalue weighted by Crippen LogP contribution is 2.37. The molecule has 0 aliphatic carbocycles. The summed E-state index contributed by atoms with van der Waals surface area (Å²) in [5, 5.41) is 8.44. The van der Waals surface area contributed by atoms with Crippen LogP contribution in [0, 0.1) is 0 Å². The summed E-state index contributed by atoms with van der Waals surface area (Å²) in [5.74, 6) is -1.19. The number of hydrogen-bond acceptors (Lipinski definition) is 6. The number of amides is 2. The van der Waals surface area contributed by atoms with Crippen LogP contribution < -0.4 is 14.5 Å². The number of hydrogen-bond donors (Lipinski definition) is 1. The van der Waals surface area contributed by atoms with Gasteiger partial charge < -0.3 is 14.7 Å². The van der Waals surface area contributed by atoms with E-state index >= 15 is 0 Å². The number of carbonyl (C=O) groups is 3. The second kappa shape index (κ2) is 9.49. The van der Waals surface area contributed by atoms with E-state index in [1.165, 1.54) is 0 Å². The van der Waals surface area contributed by atoms with Crippen molar-refractivity contribution >= 4 is 46.3 Å². The van der Waals surface area contributed by atoms with E-state index in [4.69, 9.17) is 9.84 Å². The lowest BCUT2D eigenvalue weighted by Crippen LogP contribution is -2.28. The van der Waals surface area contributed by atoms with Crippen LogP contribution in [0.15, 0.2) is 53.4 Å². The van der Waals surface area contributed by atoms with E-state index in [1.807, 2.05) is 12.1 Å². The van der Waals surface area contributed by atoms with Crippen LogP contribution in [0.1, 0.15) is 19.4 Å². The van der Waals surface area contributed by atoms with Gasteiger partial charge in [-0.05, 0) is 62.0 Å². The summed E-state index contributed by atoms with van der Waals surface area (Å²) in [6, 6.07) is 14.1. The van der Waals surface area contributed by atoms with Crippen LogP contribution in [0.3, 0.4) is 0 Å². The molecule has 1 aliphatic heterocycles. The Morgan fingerprint density at radius 3 is 2.40 bits per heavy atom. The molecule has 0 bridgehead atoms. The topological polar surface area (TPSA) is 87.2 Å². The fourth-order valence-corrected chi connectivity index (χ4v) is 3.94. The molecule has 0 radical (unpaired) electrons. The highest BCUT2D eigenvalue weighted by atomic mass is 32.2. The maximum absolute atomic E-state index is 12.9. The van der Waals surface area contributed by atoms with Gasteiger partial charge in [-0.2, -0.15) is 0 Å². The number of nitrogens with zero attached hydrogens (tertiary/aromatic N) is 2. The maximum atomic E-state index is 12.9. The van der Waals surface area contributed by atoms with Crippen molar-refractivity contribution in [2.24, 2.45) is 0 Å². The van der Waals surface area contributed by atoms with Gasteiger partial charge in [0.05, 0.1) is 10.6 Å². The van der Waals surface area contributed by atoms with Crippen LogP contribution in [0.4, 0.5) is 16.2 Å². The summed E-state index contributed by atoms with van der Waals surface area (Å²) in [6.07, 6.45) is 1.55. The lowest BCUT2D eigenvalue weighted by atomic mass is 10.2. The van der Waals surface area contributed by atoms with Crippen molar-refractivity contribution in [1.29, 1.82) is 0 Å². The monoisotopic (exact) mass is 426 g/mol. The largest absolute Gasteiger partial charge is 0.481 e. The Morgan fingerprint density at radius 2 is 1.77 bits per heavy atom. The zero-order valence-corrected chi connectivity index (χ0v) is 17.5. The minimum absolute atomic E-state index is 0.249. The molecular formula is C22H22N2O5S. The average molecular weight is 426 g/mol. The quantitative estimate of drug-likeness (QED) is 0.632. The summed E-state index contributed by atoms with van der Waals surface area (Å²) in [4.78, 5) is 39.8. The average Bonchev–Trinajstić information content (AvgIpc) is 3.02. The van der Waals surface area contributed by atoms with E-state index in [0.29, 0.717) is 17.0 Å². The van der Waals surface area contributed by atoms with Gasteiger partial charge in [0.25, 0.3) is 11.1 Å². The molecule has 156 valence electrons. The molecule has 1 N–H and O–H groups in total. The highest BCUT2D eigenvalue weighted by molar-refractivity contribution is 8.19. The Balaban J connectivity index is 1.84. The molecule has 3 rings (SSSR count). The van der Waals surface area contributed by atoms with Crippen molar-refractivity contribution in [1.82, 2.24) is 0 Å². The smallest absolute Gasteiger partial charge is 0.341 e. The van der Waals surface area contributed by atoms with E-state index in [9.17, 15) is 14.4 Å². The van der Waals surface area contributed by atoms with E-state index in [1.54, 1.807) is 42.5 Å². The first-order chi connectivity index (χ1) is 14.4. The molecule has 1 saturated heterocycles. The van der Waals surface area contributed by atoms with Crippen molar-refractivity contribution in [2.75, 3.05) is 29.5 Å². The molecule has 1 heterocycles. The van der Waals surface area contributed by atoms with Crippen molar-refractivity contribution in [3.05, 3.63) is 59.0 Å². The van der Waals surface area contributed by atoms with Gasteiger partial charge in [-0.1, -0.05) is 18.2 Å². The minimum atomic E-state index is -1.10. The van der Waals surface area contributed by atoms with Gasteiger partial charge in [0.2, 0.25) is 0 Å². The molecule has 0 atom stereocenters. The number of aliphatic carboxylic acids is 1. The number of para-hydroxylation sites is 1. The second-order valence-electron chi connectivity index (χ2n) is 6.43. The van der Waals surface area contributed by atoms with Crippen LogP contribution in [0.2, 0.25) is 0 Å². The van der Waals surface area contributed by atoms with Gasteiger partial charge in [-0.3, -0.25) is 9.59 Å². The molecule has 0 spiro atoms. The van der Waals surface area contributed by atoms with Crippen LogP contribution in [-0.4, -0.2) is 41.9 Å². The molecular weight excluding hydrogens is 404 g/mol. The first-order valence-electron chi connectivity index (χ1n) is 9.51. The number of ether oxygens (including phenoxy) is 1. The molecule has 2 amide bonds. The van der Waals surface area contributed by atoms with Crippen LogP contribution in [0.25, 0.3) is 6.08 Å². The number of carbonyl (C=O) groups excluding carboxylic acids is 2. The summed E-state index contributed by atoms with van der Waals surface area (Å²) in [5.41, 5.74) is 2.06. The molecule has 30 heavy (non-hydrogen) atoms. The number of anilines is 2. The van der Waals surface area contributed by atoms with Crippen LogP contribution >= 0.6 is 11.8 Å². The maximum Gasteiger partial charge on any atom is 0.341 e. The highest BCUT2D eigenvalue weighted by Gasteiger charge is 2.36. The summed E-state index contributed by atoms with van der Waals surface area (Å²) in [7, 11) is 0. The van der Waals surface area contributed by atoms with Gasteiger partial charge in [-0.15, -0.1) is 0 Å². The summed E-state index contributed by atoms with van der Waals surface area (Å²) >= 11 is 0.840. The van der Waals surface area contributed by atoms with Crippen molar-refractivity contribution in [3.63, 3.8) is 0 Å². The lowest BCUT2D eigenvalue weighted by Gasteiger charge is -2.22. The lowest BCUT2D eigenvalue weighted by molar-refractivity contribution is -0.139. The van der Waals surface area contributed by atoms with E-state index < -0.39 is 18.5 Å². The fourth-order valence-electron chi connectivity index (χ4n) is 3.10. The molecule has 2 aromatic carbocycles. The van der Waals surface area contributed by atoms with Crippen molar-refractivity contribution in [3.8, 4) is 5.75 Å². The van der Waals surface area contributed by atoms with E-state index in [0.717, 1.165) is 35.4 Å². The third-order valence-corrected chi connectivity index (χ3v) is 5.46. The number of benzene rings is 2. The Morgan fingerprint density at radius 1 is 1.10 bits per heavy atom. The van der Waals surface area contributed by atoms with Gasteiger partial charge in [0.1, 0.15) is 5.75 Å². The Bertz CT molecular complexity index is 983. The van der Waals surface area contributed by atoms with Crippen LogP contribution in [0.5, 0.6) is 5.75 Å². The summed E-state index contributed by atoms with van der Waals surface area (Å²) in [6.45, 7) is 5.37. The molecule has 7 nitrogen and oxygen atoms in total. The third-order valence-electron chi connectivity index (χ3n) is 4.59. The Hall–Kier alpha value is -3.26. The SMILES string of the molecule is CCN(CC)c1ccc(N2C(=O)S/C(=C/c3ccccc3OCC(=O)O)C2=O)cc1. The third kappa shape index (κ3) is 4.65. The molecule has 1 aliphatic rings. The Kier molecular flexibility index (Phi) is 6.79. The molecule has 8 heteroatoms. The fraction of sp³-hybridized carbons (Fsp3) is 0.227. The van der Waals surface area contributed by atoms with E-state index in [2.05, 4.69) is 18.7 Å². The second-order valence-corrected chi connectivity index (χ2v) is 7.42. The summed E-state index contributed by atoms with van der Waals surface area (Å²) < 4.78 is 5.27. The number of thioether (sulfide) groups is 1. The first kappa shape index (κ1) is 21.4. The predicted molar refractivity (Wildman–Crippen MR) is 118 cm³/mol. The zero-order chi connectivity index (χ0) is 21.7. The molecule has 0 saturated carbocycles. The number of carboxylic acid groups (broad SMARTS) is 1. The standard InChI is InChI=1S/C22H22N2O5S/c1-3-23(4-2)16-9-11-17(12-10-16)24-21(27)19(30-22(24)28)13-15-7-5-6-8-18(15)29-14-20(25)26/h5-13H,3-4,14H2,1-2H3,(H,25,26)/b19-13+. The number of carboxylic acids is 1. The Labute approximate surface area is 178 Å². The van der Waals surface area contributed by atoms with Gasteiger partial charge in [0.15, 0.2) is 6.61 Å². The predicted octanol–water partition coefficient (Wildman–Crippen LogP) is 4.24. The van der Waals surface area contributed by atoms with E-state index in [-0.39, 0.29) is 10.1 Å². The van der Waals surface area contributed by atoms with Gasteiger partial charge in [-0.25, -0.2) is 9.69 Å². The van der Waals surface area contributed by atoms with Crippen LogP contribution in [-0.2, 0) is 9.59 Å². The molecule has 0 unspecified atom stereocenters. The van der Waals surface area contributed by atoms with Crippen molar-refractivity contribution in [2.45, 2.75) is 13.8 Å². The minimum Gasteiger partial charge on any atom is -0.481 e. The molecule has 2 aromatic rings. The van der Waals surface area contributed by atoms with Gasteiger partial charge in [0, 0.05) is 24.3 Å². The van der Waals surface area contributed by atoms with Crippen molar-refractivity contribution < 1.29 is 24.2 Å². The first-order valence-corrected chi connectivity index (χ1v) is 10.3.